The van der Waals surface area contributed by atoms with Crippen LogP contribution in [-0.2, 0) is 9.84 Å². The Balaban J connectivity index is 2.71. The first-order valence-electron chi connectivity index (χ1n) is 4.55. The Morgan fingerprint density at radius 2 is 2.23 bits per heavy atom. The molecule has 1 aliphatic carbocycles. The van der Waals surface area contributed by atoms with Crippen LogP contribution in [0, 0.1) is 0 Å². The molecule has 1 fully saturated rings. The quantitative estimate of drug-likeness (QED) is 0.663. The van der Waals surface area contributed by atoms with E-state index in [0.29, 0.717) is 19.3 Å². The topological polar surface area (TPSA) is 80.4 Å². The Hall–Kier alpha value is -0.130. The smallest absolute Gasteiger partial charge is 0.152 e. The summed E-state index contributed by atoms with van der Waals surface area (Å²) in [4.78, 5) is 0. The lowest BCUT2D eigenvalue weighted by Gasteiger charge is -2.20. The van der Waals surface area contributed by atoms with Gasteiger partial charge in [-0.3, -0.25) is 0 Å². The van der Waals surface area contributed by atoms with Crippen LogP contribution in [0.5, 0.6) is 0 Å². The average molecular weight is 207 g/mol. The van der Waals surface area contributed by atoms with Crippen molar-refractivity contribution in [1.82, 2.24) is 0 Å². The molecular weight excluding hydrogens is 190 g/mol. The van der Waals surface area contributed by atoms with Crippen LogP contribution in [0.2, 0.25) is 0 Å². The highest BCUT2D eigenvalue weighted by molar-refractivity contribution is 7.92. The van der Waals surface area contributed by atoms with E-state index in [-0.39, 0.29) is 17.6 Å². The molecule has 0 bridgehead atoms. The molecule has 1 aliphatic rings. The van der Waals surface area contributed by atoms with Gasteiger partial charge in [0.15, 0.2) is 9.84 Å². The number of nitrogens with two attached hydrogens (primary N) is 1. The van der Waals surface area contributed by atoms with Gasteiger partial charge in [0.25, 0.3) is 0 Å². The van der Waals surface area contributed by atoms with Gasteiger partial charge in [-0.25, -0.2) is 8.42 Å². The molecular formula is C8H17NO3S. The molecule has 0 radical (unpaired) electrons. The zero-order valence-corrected chi connectivity index (χ0v) is 8.68. The zero-order chi connectivity index (χ0) is 10.1. The van der Waals surface area contributed by atoms with E-state index in [1.807, 2.05) is 0 Å². The Bertz CT molecular complexity index is 275. The van der Waals surface area contributed by atoms with Crippen molar-refractivity contribution in [2.45, 2.75) is 37.0 Å². The van der Waals surface area contributed by atoms with Crippen LogP contribution >= 0.6 is 0 Å². The molecule has 0 unspecified atom stereocenters. The highest BCUT2D eigenvalue weighted by Crippen LogP contribution is 2.32. The zero-order valence-electron chi connectivity index (χ0n) is 7.86. The van der Waals surface area contributed by atoms with E-state index in [0.717, 1.165) is 0 Å². The molecule has 0 aromatic rings. The summed E-state index contributed by atoms with van der Waals surface area (Å²) in [5.74, 6) is 0.166. The Morgan fingerprint density at radius 1 is 1.62 bits per heavy atom. The highest BCUT2D eigenvalue weighted by atomic mass is 32.2. The lowest BCUT2D eigenvalue weighted by Crippen LogP contribution is -2.41. The third-order valence-electron chi connectivity index (χ3n) is 2.82. The fourth-order valence-corrected chi connectivity index (χ4v) is 3.33. The molecule has 5 heteroatoms. The summed E-state index contributed by atoms with van der Waals surface area (Å²) in [6.45, 7) is 1.52. The van der Waals surface area contributed by atoms with Crippen LogP contribution < -0.4 is 5.73 Å². The average Bonchev–Trinajstić information content (AvgIpc) is 2.50. The first-order chi connectivity index (χ1) is 5.93. The number of hydrogen-bond acceptors (Lipinski definition) is 4. The summed E-state index contributed by atoms with van der Waals surface area (Å²) in [5, 5.41) is 8.62. The largest absolute Gasteiger partial charge is 0.394 e. The minimum atomic E-state index is -2.97. The van der Waals surface area contributed by atoms with Gasteiger partial charge in [-0.05, 0) is 19.3 Å². The predicted octanol–water partition coefficient (Wildman–Crippen LogP) is -0.337. The van der Waals surface area contributed by atoms with E-state index in [1.165, 1.54) is 0 Å². The summed E-state index contributed by atoms with van der Waals surface area (Å²) in [6, 6.07) is 0. The summed E-state index contributed by atoms with van der Waals surface area (Å²) in [7, 11) is -2.97. The third kappa shape index (κ3) is 2.21. The second-order valence-corrected chi connectivity index (χ2v) is 6.41. The minimum Gasteiger partial charge on any atom is -0.394 e. The van der Waals surface area contributed by atoms with Crippen LogP contribution in [0.3, 0.4) is 0 Å². The van der Waals surface area contributed by atoms with Gasteiger partial charge >= 0.3 is 0 Å². The van der Waals surface area contributed by atoms with Gasteiger partial charge in [-0.2, -0.15) is 0 Å². The van der Waals surface area contributed by atoms with Gasteiger partial charge in [0, 0.05) is 11.3 Å². The monoisotopic (exact) mass is 207 g/mol. The van der Waals surface area contributed by atoms with Crippen molar-refractivity contribution in [3.05, 3.63) is 0 Å². The van der Waals surface area contributed by atoms with Gasteiger partial charge in [-0.15, -0.1) is 0 Å². The molecule has 1 rings (SSSR count). The molecule has 0 heterocycles. The SMILES string of the molecule is CCS(=O)(=O)[C@H]1CC[C@@](N)(CO)C1. The van der Waals surface area contributed by atoms with Crippen molar-refractivity contribution >= 4 is 9.84 Å². The Labute approximate surface area is 79.0 Å². The molecule has 0 aromatic heterocycles. The van der Waals surface area contributed by atoms with Gasteiger partial charge in [-0.1, -0.05) is 6.92 Å². The molecule has 0 spiro atoms. The Kier molecular flexibility index (Phi) is 2.99. The first kappa shape index (κ1) is 10.9. The maximum atomic E-state index is 11.5. The molecule has 3 N–H and O–H groups in total. The van der Waals surface area contributed by atoms with Gasteiger partial charge in [0.05, 0.1) is 11.9 Å². The predicted molar refractivity (Wildman–Crippen MR) is 51.1 cm³/mol. The molecule has 0 aromatic carbocycles. The number of sulfone groups is 1. The van der Waals surface area contributed by atoms with Crippen molar-refractivity contribution in [3.63, 3.8) is 0 Å². The minimum absolute atomic E-state index is 0.122. The molecule has 13 heavy (non-hydrogen) atoms. The van der Waals surface area contributed by atoms with E-state index in [4.69, 9.17) is 10.8 Å². The normalized spacial score (nSPS) is 35.2. The Morgan fingerprint density at radius 3 is 2.62 bits per heavy atom. The lowest BCUT2D eigenvalue weighted by atomic mass is 10.0. The van der Waals surface area contributed by atoms with Crippen LogP contribution in [-0.4, -0.2) is 36.7 Å². The molecule has 0 amide bonds. The number of hydrogen-bond donors (Lipinski definition) is 2. The third-order valence-corrected chi connectivity index (χ3v) is 5.05. The lowest BCUT2D eigenvalue weighted by molar-refractivity contribution is 0.200. The van der Waals surface area contributed by atoms with Crippen LogP contribution in [0.25, 0.3) is 0 Å². The van der Waals surface area contributed by atoms with E-state index in [9.17, 15) is 8.42 Å². The fourth-order valence-electron chi connectivity index (χ4n) is 1.79. The number of aliphatic hydroxyl groups excluding tert-OH is 1. The first-order valence-corrected chi connectivity index (χ1v) is 6.26. The molecule has 78 valence electrons. The molecule has 0 saturated heterocycles. The summed E-state index contributed by atoms with van der Waals surface area (Å²) >= 11 is 0. The second-order valence-electron chi connectivity index (χ2n) is 3.84. The summed E-state index contributed by atoms with van der Waals surface area (Å²) in [6.07, 6.45) is 1.60. The van der Waals surface area contributed by atoms with Gasteiger partial charge < -0.3 is 10.8 Å². The number of rotatable bonds is 3. The van der Waals surface area contributed by atoms with Crippen molar-refractivity contribution in [1.29, 1.82) is 0 Å². The molecule has 0 aliphatic heterocycles. The molecule has 4 nitrogen and oxygen atoms in total. The fraction of sp³-hybridized carbons (Fsp3) is 1.00. The van der Waals surface area contributed by atoms with Crippen LogP contribution in [0.15, 0.2) is 0 Å². The second kappa shape index (κ2) is 3.55. The van der Waals surface area contributed by atoms with Gasteiger partial charge in [0.1, 0.15) is 0 Å². The molecule has 2 atom stereocenters. The van der Waals surface area contributed by atoms with Crippen molar-refractivity contribution < 1.29 is 13.5 Å². The summed E-state index contributed by atoms with van der Waals surface area (Å²) < 4.78 is 22.9. The maximum Gasteiger partial charge on any atom is 0.152 e. The highest BCUT2D eigenvalue weighted by Gasteiger charge is 2.40. The van der Waals surface area contributed by atoms with Crippen molar-refractivity contribution in [3.8, 4) is 0 Å². The maximum absolute atomic E-state index is 11.5. The standard InChI is InChI=1S/C8H17NO3S/c1-2-13(11,12)7-3-4-8(9,5-7)6-10/h7,10H,2-6,9H2,1H3/t7-,8-/m0/s1. The van der Waals surface area contributed by atoms with Crippen molar-refractivity contribution in [2.75, 3.05) is 12.4 Å². The van der Waals surface area contributed by atoms with E-state index in [1.54, 1.807) is 6.92 Å². The molecule has 1 saturated carbocycles. The van der Waals surface area contributed by atoms with Gasteiger partial charge in [0.2, 0.25) is 0 Å². The number of aliphatic hydroxyl groups is 1. The van der Waals surface area contributed by atoms with Crippen LogP contribution in [0.1, 0.15) is 26.2 Å². The van der Waals surface area contributed by atoms with E-state index in [2.05, 4.69) is 0 Å². The van der Waals surface area contributed by atoms with E-state index < -0.39 is 15.4 Å². The van der Waals surface area contributed by atoms with Crippen molar-refractivity contribution in [2.24, 2.45) is 5.73 Å². The van der Waals surface area contributed by atoms with Crippen LogP contribution in [0.4, 0.5) is 0 Å². The van der Waals surface area contributed by atoms with E-state index >= 15 is 0 Å². The summed E-state index contributed by atoms with van der Waals surface area (Å²) in [5.41, 5.74) is 5.13.